The van der Waals surface area contributed by atoms with Crippen molar-refractivity contribution in [2.45, 2.75) is 31.8 Å². The molecule has 0 bridgehead atoms. The van der Waals surface area contributed by atoms with Gasteiger partial charge in [0.25, 0.3) is 5.69 Å². The zero-order chi connectivity index (χ0) is 16.9. The molecule has 1 N–H and O–H groups in total. The molecule has 2 heterocycles. The summed E-state index contributed by atoms with van der Waals surface area (Å²) in [6, 6.07) is 8.90. The fourth-order valence-corrected chi connectivity index (χ4v) is 3.38. The zero-order valence-corrected chi connectivity index (χ0v) is 13.5. The fourth-order valence-electron chi connectivity index (χ4n) is 3.38. The Bertz CT molecular complexity index is 693. The minimum Gasteiger partial charge on any atom is -0.394 e. The van der Waals surface area contributed by atoms with Crippen molar-refractivity contribution < 1.29 is 10.0 Å². The first kappa shape index (κ1) is 16.6. The lowest BCUT2D eigenvalue weighted by Gasteiger charge is -2.32. The van der Waals surface area contributed by atoms with Gasteiger partial charge in [0.1, 0.15) is 0 Å². The van der Waals surface area contributed by atoms with Gasteiger partial charge in [-0.1, -0.05) is 12.1 Å². The molecule has 0 amide bonds. The number of hydrogen-bond donors (Lipinski definition) is 1. The monoisotopic (exact) mass is 330 g/mol. The summed E-state index contributed by atoms with van der Waals surface area (Å²) in [5.74, 6) is 0.459. The Morgan fingerprint density at radius 3 is 2.79 bits per heavy atom. The van der Waals surface area contributed by atoms with E-state index in [0.717, 1.165) is 38.0 Å². The smallest absolute Gasteiger partial charge is 0.269 e. The van der Waals surface area contributed by atoms with Crippen molar-refractivity contribution in [3.8, 4) is 0 Å². The van der Waals surface area contributed by atoms with Crippen LogP contribution in [0.5, 0.6) is 0 Å². The third-order valence-electron chi connectivity index (χ3n) is 4.59. The van der Waals surface area contributed by atoms with E-state index >= 15 is 0 Å². The Hall–Kier alpha value is -2.25. The molecule has 3 rings (SSSR count). The molecule has 24 heavy (non-hydrogen) atoms. The third kappa shape index (κ3) is 3.80. The summed E-state index contributed by atoms with van der Waals surface area (Å²) in [6.45, 7) is 3.29. The molecule has 0 atom stereocenters. The summed E-state index contributed by atoms with van der Waals surface area (Å²) >= 11 is 0. The molecule has 0 radical (unpaired) electrons. The van der Waals surface area contributed by atoms with Crippen molar-refractivity contribution in [3.63, 3.8) is 0 Å². The summed E-state index contributed by atoms with van der Waals surface area (Å²) in [6.07, 6.45) is 3.86. The first-order chi connectivity index (χ1) is 11.7. The van der Waals surface area contributed by atoms with Crippen LogP contribution in [0, 0.1) is 10.1 Å². The number of aliphatic hydroxyl groups excluding tert-OH is 1. The van der Waals surface area contributed by atoms with Crippen LogP contribution in [0.3, 0.4) is 0 Å². The topological polar surface area (TPSA) is 84.4 Å². The number of nitro benzene ring substituents is 1. The fraction of sp³-hybridized carbons (Fsp3) is 0.471. The molecule has 7 heteroatoms. The van der Waals surface area contributed by atoms with Gasteiger partial charge in [-0.3, -0.25) is 19.7 Å². The van der Waals surface area contributed by atoms with Crippen LogP contribution in [0.4, 0.5) is 5.69 Å². The van der Waals surface area contributed by atoms with Gasteiger partial charge in [-0.2, -0.15) is 5.10 Å². The van der Waals surface area contributed by atoms with Crippen molar-refractivity contribution >= 4 is 5.69 Å². The van der Waals surface area contributed by atoms with E-state index in [-0.39, 0.29) is 17.2 Å². The number of hydrogen-bond acceptors (Lipinski definition) is 5. The lowest BCUT2D eigenvalue weighted by Crippen LogP contribution is -2.33. The highest BCUT2D eigenvalue weighted by atomic mass is 16.6. The molecule has 1 aliphatic heterocycles. The van der Waals surface area contributed by atoms with E-state index in [4.69, 9.17) is 5.11 Å². The van der Waals surface area contributed by atoms with E-state index in [1.165, 1.54) is 11.8 Å². The Morgan fingerprint density at radius 1 is 1.29 bits per heavy atom. The average Bonchev–Trinajstić information content (AvgIpc) is 3.04. The standard InChI is InChI=1S/C17H22N4O3/c22-11-10-20-17(4-7-18-20)15-5-8-19(9-6-15)13-14-2-1-3-16(12-14)21(23)24/h1-4,7,12,15,22H,5-6,8-11,13H2. The van der Waals surface area contributed by atoms with Crippen molar-refractivity contribution in [2.75, 3.05) is 19.7 Å². The van der Waals surface area contributed by atoms with Gasteiger partial charge in [0.15, 0.2) is 0 Å². The molecule has 128 valence electrons. The molecule has 0 spiro atoms. The van der Waals surface area contributed by atoms with Gasteiger partial charge in [-0.15, -0.1) is 0 Å². The second-order valence-electron chi connectivity index (χ2n) is 6.18. The molecule has 0 aliphatic carbocycles. The van der Waals surface area contributed by atoms with E-state index < -0.39 is 0 Å². The van der Waals surface area contributed by atoms with Gasteiger partial charge < -0.3 is 5.11 Å². The highest BCUT2D eigenvalue weighted by Crippen LogP contribution is 2.28. The highest BCUT2D eigenvalue weighted by Gasteiger charge is 2.23. The number of aromatic nitrogens is 2. The third-order valence-corrected chi connectivity index (χ3v) is 4.59. The second kappa shape index (κ2) is 7.55. The molecule has 1 aliphatic rings. The number of piperidine rings is 1. The number of nitro groups is 1. The lowest BCUT2D eigenvalue weighted by atomic mass is 9.93. The van der Waals surface area contributed by atoms with E-state index in [9.17, 15) is 10.1 Å². The molecule has 1 fully saturated rings. The van der Waals surface area contributed by atoms with Crippen LogP contribution in [-0.4, -0.2) is 44.4 Å². The van der Waals surface area contributed by atoms with Gasteiger partial charge in [0, 0.05) is 36.5 Å². The van der Waals surface area contributed by atoms with Crippen molar-refractivity contribution in [2.24, 2.45) is 0 Å². The van der Waals surface area contributed by atoms with Gasteiger partial charge in [-0.05, 0) is 37.6 Å². The molecule has 0 saturated carbocycles. The predicted molar refractivity (Wildman–Crippen MR) is 89.7 cm³/mol. The molecule has 1 saturated heterocycles. The normalized spacial score (nSPS) is 16.4. The molecule has 1 aromatic carbocycles. The average molecular weight is 330 g/mol. The van der Waals surface area contributed by atoms with Gasteiger partial charge >= 0.3 is 0 Å². The molecule has 1 aromatic heterocycles. The lowest BCUT2D eigenvalue weighted by molar-refractivity contribution is -0.384. The first-order valence-electron chi connectivity index (χ1n) is 8.25. The minimum atomic E-state index is -0.349. The van der Waals surface area contributed by atoms with E-state index in [2.05, 4.69) is 10.00 Å². The molecule has 2 aromatic rings. The van der Waals surface area contributed by atoms with Gasteiger partial charge in [0.2, 0.25) is 0 Å². The van der Waals surface area contributed by atoms with E-state index in [0.29, 0.717) is 12.5 Å². The summed E-state index contributed by atoms with van der Waals surface area (Å²) in [5, 5.41) is 24.3. The number of benzene rings is 1. The summed E-state index contributed by atoms with van der Waals surface area (Å²) in [7, 11) is 0. The zero-order valence-electron chi connectivity index (χ0n) is 13.5. The Kier molecular flexibility index (Phi) is 5.22. The maximum absolute atomic E-state index is 10.9. The summed E-state index contributed by atoms with van der Waals surface area (Å²) in [5.41, 5.74) is 2.32. The van der Waals surface area contributed by atoms with E-state index in [1.54, 1.807) is 18.3 Å². The van der Waals surface area contributed by atoms with Crippen LogP contribution in [0.25, 0.3) is 0 Å². The number of aliphatic hydroxyl groups is 1. The molecule has 7 nitrogen and oxygen atoms in total. The van der Waals surface area contributed by atoms with Crippen LogP contribution in [0.15, 0.2) is 36.5 Å². The van der Waals surface area contributed by atoms with Crippen molar-refractivity contribution in [3.05, 3.63) is 57.9 Å². The number of likely N-dealkylation sites (tertiary alicyclic amines) is 1. The number of rotatable bonds is 6. The Balaban J connectivity index is 1.58. The second-order valence-corrected chi connectivity index (χ2v) is 6.18. The van der Waals surface area contributed by atoms with Crippen LogP contribution in [0.1, 0.15) is 30.0 Å². The molecule has 0 unspecified atom stereocenters. The van der Waals surface area contributed by atoms with Crippen molar-refractivity contribution in [1.82, 2.24) is 14.7 Å². The number of nitrogens with zero attached hydrogens (tertiary/aromatic N) is 4. The molecular weight excluding hydrogens is 308 g/mol. The maximum atomic E-state index is 10.9. The molecular formula is C17H22N4O3. The van der Waals surface area contributed by atoms with Crippen LogP contribution < -0.4 is 0 Å². The van der Waals surface area contributed by atoms with Crippen LogP contribution in [0.2, 0.25) is 0 Å². The van der Waals surface area contributed by atoms with Crippen LogP contribution >= 0.6 is 0 Å². The first-order valence-corrected chi connectivity index (χ1v) is 8.25. The van der Waals surface area contributed by atoms with Crippen molar-refractivity contribution in [1.29, 1.82) is 0 Å². The Labute approximate surface area is 140 Å². The SMILES string of the molecule is O=[N+]([O-])c1cccc(CN2CCC(c3ccnn3CCO)CC2)c1. The maximum Gasteiger partial charge on any atom is 0.269 e. The predicted octanol–water partition coefficient (Wildman–Crippen LogP) is 2.16. The Morgan fingerprint density at radius 2 is 2.08 bits per heavy atom. The number of non-ortho nitro benzene ring substituents is 1. The summed E-state index contributed by atoms with van der Waals surface area (Å²) in [4.78, 5) is 12.9. The highest BCUT2D eigenvalue weighted by molar-refractivity contribution is 5.34. The van der Waals surface area contributed by atoms with Crippen LogP contribution in [-0.2, 0) is 13.1 Å². The quantitative estimate of drug-likeness (QED) is 0.648. The summed E-state index contributed by atoms with van der Waals surface area (Å²) < 4.78 is 1.89. The van der Waals surface area contributed by atoms with E-state index in [1.807, 2.05) is 16.8 Å². The minimum absolute atomic E-state index is 0.0975. The largest absolute Gasteiger partial charge is 0.394 e. The van der Waals surface area contributed by atoms with Gasteiger partial charge in [0.05, 0.1) is 18.1 Å². The van der Waals surface area contributed by atoms with Gasteiger partial charge in [-0.25, -0.2) is 0 Å².